The van der Waals surface area contributed by atoms with Crippen molar-refractivity contribution in [2.45, 2.75) is 57.2 Å². The highest BCUT2D eigenvalue weighted by Gasteiger charge is 2.41. The van der Waals surface area contributed by atoms with Crippen LogP contribution in [0.15, 0.2) is 18.2 Å². The summed E-state index contributed by atoms with van der Waals surface area (Å²) < 4.78 is 27.0. The summed E-state index contributed by atoms with van der Waals surface area (Å²) in [6.45, 7) is 4.66. The molecule has 2 aliphatic rings. The molecule has 1 N–H and O–H groups in total. The summed E-state index contributed by atoms with van der Waals surface area (Å²) in [6, 6.07) is 4.36. The van der Waals surface area contributed by atoms with Crippen LogP contribution in [-0.2, 0) is 6.54 Å². The normalized spacial score (nSPS) is 26.1. The summed E-state index contributed by atoms with van der Waals surface area (Å²) in [7, 11) is 0. The van der Waals surface area contributed by atoms with Gasteiger partial charge in [0.15, 0.2) is 0 Å². The Kier molecular flexibility index (Phi) is 4.27. The van der Waals surface area contributed by atoms with Crippen LogP contribution in [0.1, 0.15) is 44.6 Å². The van der Waals surface area contributed by atoms with E-state index in [1.807, 2.05) is 0 Å². The summed E-state index contributed by atoms with van der Waals surface area (Å²) in [6.07, 6.45) is 6.15. The van der Waals surface area contributed by atoms with Crippen LogP contribution in [0.4, 0.5) is 8.78 Å². The van der Waals surface area contributed by atoms with E-state index < -0.39 is 11.6 Å². The van der Waals surface area contributed by atoms with Gasteiger partial charge >= 0.3 is 0 Å². The van der Waals surface area contributed by atoms with Crippen LogP contribution >= 0.6 is 0 Å². The molecule has 1 aromatic rings. The van der Waals surface area contributed by atoms with E-state index >= 15 is 0 Å². The van der Waals surface area contributed by atoms with E-state index in [0.717, 1.165) is 19.2 Å². The minimum absolute atomic E-state index is 0.158. The fraction of sp³-hybridized carbons (Fsp3) is 0.647. The lowest BCUT2D eigenvalue weighted by Crippen LogP contribution is -2.64. The average molecular weight is 294 g/mol. The molecule has 3 rings (SSSR count). The lowest BCUT2D eigenvalue weighted by molar-refractivity contribution is 0.00546. The first-order valence-electron chi connectivity index (χ1n) is 8.01. The second kappa shape index (κ2) is 6.01. The van der Waals surface area contributed by atoms with Crippen molar-refractivity contribution in [3.05, 3.63) is 35.4 Å². The van der Waals surface area contributed by atoms with Gasteiger partial charge in [0.2, 0.25) is 0 Å². The van der Waals surface area contributed by atoms with Gasteiger partial charge in [-0.05, 0) is 25.8 Å². The SMILES string of the molecule is CC1CN(Cc2ccc(F)cc2F)C2(CCCCC2)CN1. The maximum absolute atomic E-state index is 14.0. The maximum atomic E-state index is 14.0. The molecule has 116 valence electrons. The molecule has 1 atom stereocenters. The second-order valence-corrected chi connectivity index (χ2v) is 6.68. The van der Waals surface area contributed by atoms with Gasteiger partial charge in [-0.2, -0.15) is 0 Å². The van der Waals surface area contributed by atoms with Gasteiger partial charge in [0.1, 0.15) is 11.6 Å². The van der Waals surface area contributed by atoms with E-state index in [0.29, 0.717) is 18.2 Å². The Morgan fingerprint density at radius 3 is 2.71 bits per heavy atom. The van der Waals surface area contributed by atoms with E-state index in [-0.39, 0.29) is 5.54 Å². The smallest absolute Gasteiger partial charge is 0.130 e. The van der Waals surface area contributed by atoms with E-state index in [4.69, 9.17) is 0 Å². The van der Waals surface area contributed by atoms with Crippen LogP contribution in [0.2, 0.25) is 0 Å². The largest absolute Gasteiger partial charge is 0.311 e. The highest BCUT2D eigenvalue weighted by atomic mass is 19.1. The molecule has 0 bridgehead atoms. The Morgan fingerprint density at radius 1 is 1.24 bits per heavy atom. The minimum atomic E-state index is -0.502. The lowest BCUT2D eigenvalue weighted by Gasteiger charge is -2.51. The summed E-state index contributed by atoms with van der Waals surface area (Å²) >= 11 is 0. The molecule has 21 heavy (non-hydrogen) atoms. The van der Waals surface area contributed by atoms with Crippen LogP contribution in [-0.4, -0.2) is 29.6 Å². The van der Waals surface area contributed by atoms with Gasteiger partial charge in [-0.25, -0.2) is 8.78 Å². The van der Waals surface area contributed by atoms with Gasteiger partial charge in [-0.3, -0.25) is 4.90 Å². The topological polar surface area (TPSA) is 15.3 Å². The monoisotopic (exact) mass is 294 g/mol. The van der Waals surface area contributed by atoms with Crippen molar-refractivity contribution in [3.63, 3.8) is 0 Å². The molecule has 1 aliphatic carbocycles. The van der Waals surface area contributed by atoms with Crippen LogP contribution in [0.3, 0.4) is 0 Å². The fourth-order valence-corrected chi connectivity index (χ4v) is 3.86. The molecule has 1 aromatic carbocycles. The lowest BCUT2D eigenvalue weighted by atomic mass is 9.78. The van der Waals surface area contributed by atoms with Crippen molar-refractivity contribution in [1.82, 2.24) is 10.2 Å². The standard InChI is InChI=1S/C17H24F2N2/c1-13-10-21(11-14-5-6-15(18)9-16(14)19)17(12-20-13)7-3-2-4-8-17/h5-6,9,13,20H,2-4,7-8,10-12H2,1H3. The average Bonchev–Trinajstić information content (AvgIpc) is 2.47. The zero-order chi connectivity index (χ0) is 14.9. The molecule has 4 heteroatoms. The third-order valence-corrected chi connectivity index (χ3v) is 5.11. The molecule has 2 fully saturated rings. The molecule has 1 aliphatic heterocycles. The summed E-state index contributed by atoms with van der Waals surface area (Å²) in [5, 5.41) is 3.59. The molecule has 1 saturated carbocycles. The Labute approximate surface area is 125 Å². The third-order valence-electron chi connectivity index (χ3n) is 5.11. The molecule has 0 amide bonds. The first-order chi connectivity index (χ1) is 10.1. The van der Waals surface area contributed by atoms with Crippen LogP contribution in [0.25, 0.3) is 0 Å². The predicted octanol–water partition coefficient (Wildman–Crippen LogP) is 3.46. The molecular weight excluding hydrogens is 270 g/mol. The highest BCUT2D eigenvalue weighted by molar-refractivity contribution is 5.19. The van der Waals surface area contributed by atoms with E-state index in [1.165, 1.54) is 38.2 Å². The van der Waals surface area contributed by atoms with Crippen LogP contribution in [0.5, 0.6) is 0 Å². The van der Waals surface area contributed by atoms with Crippen LogP contribution in [0, 0.1) is 11.6 Å². The zero-order valence-electron chi connectivity index (χ0n) is 12.7. The number of halogens is 2. The molecule has 1 spiro atoms. The van der Waals surface area contributed by atoms with Gasteiger partial charge in [0.05, 0.1) is 0 Å². The second-order valence-electron chi connectivity index (χ2n) is 6.68. The minimum Gasteiger partial charge on any atom is -0.311 e. The van der Waals surface area contributed by atoms with Gasteiger partial charge in [0.25, 0.3) is 0 Å². The Morgan fingerprint density at radius 2 is 2.00 bits per heavy atom. The van der Waals surface area contributed by atoms with Gasteiger partial charge in [0, 0.05) is 42.8 Å². The van der Waals surface area contributed by atoms with Crippen molar-refractivity contribution in [2.75, 3.05) is 13.1 Å². The first kappa shape index (κ1) is 14.9. The van der Waals surface area contributed by atoms with Crippen molar-refractivity contribution in [2.24, 2.45) is 0 Å². The van der Waals surface area contributed by atoms with Gasteiger partial charge in [-0.1, -0.05) is 25.3 Å². The van der Waals surface area contributed by atoms with Crippen LogP contribution < -0.4 is 5.32 Å². The third kappa shape index (κ3) is 3.11. The van der Waals surface area contributed by atoms with Crippen molar-refractivity contribution >= 4 is 0 Å². The van der Waals surface area contributed by atoms with Crippen molar-refractivity contribution in [3.8, 4) is 0 Å². The zero-order valence-corrected chi connectivity index (χ0v) is 12.7. The molecule has 2 nitrogen and oxygen atoms in total. The van der Waals surface area contributed by atoms with E-state index in [9.17, 15) is 8.78 Å². The molecule has 1 saturated heterocycles. The Balaban J connectivity index is 1.82. The summed E-state index contributed by atoms with van der Waals surface area (Å²) in [4.78, 5) is 2.43. The van der Waals surface area contributed by atoms with Crippen molar-refractivity contribution in [1.29, 1.82) is 0 Å². The molecular formula is C17H24F2N2. The number of rotatable bonds is 2. The van der Waals surface area contributed by atoms with Crippen molar-refractivity contribution < 1.29 is 8.78 Å². The predicted molar refractivity (Wildman–Crippen MR) is 80.0 cm³/mol. The fourth-order valence-electron chi connectivity index (χ4n) is 3.86. The quantitative estimate of drug-likeness (QED) is 0.898. The van der Waals surface area contributed by atoms with Gasteiger partial charge in [-0.15, -0.1) is 0 Å². The number of nitrogens with zero attached hydrogens (tertiary/aromatic N) is 1. The Hall–Kier alpha value is -1.00. The summed E-state index contributed by atoms with van der Waals surface area (Å²) in [5.41, 5.74) is 0.765. The first-order valence-corrected chi connectivity index (χ1v) is 8.01. The number of benzene rings is 1. The van der Waals surface area contributed by atoms with Gasteiger partial charge < -0.3 is 5.32 Å². The summed E-state index contributed by atoms with van der Waals surface area (Å²) in [5.74, 6) is -0.926. The number of hydrogen-bond donors (Lipinski definition) is 1. The van der Waals surface area contributed by atoms with E-state index in [2.05, 4.69) is 17.1 Å². The molecule has 0 aromatic heterocycles. The number of piperazine rings is 1. The van der Waals surface area contributed by atoms with E-state index in [1.54, 1.807) is 6.07 Å². The Bertz CT molecular complexity index is 498. The highest BCUT2D eigenvalue weighted by Crippen LogP contribution is 2.36. The number of hydrogen-bond acceptors (Lipinski definition) is 2. The maximum Gasteiger partial charge on any atom is 0.130 e. The molecule has 0 radical (unpaired) electrons. The number of nitrogens with one attached hydrogen (secondary N) is 1. The molecule has 1 unspecified atom stereocenters. The molecule has 1 heterocycles.